The third-order valence-electron chi connectivity index (χ3n) is 1.19. The molecule has 1 rings (SSSR count). The number of carbonyl (C=O) groups excluding carboxylic acids is 1. The molecule has 1 fully saturated rings. The number of halogens is 1. The number of hydrogen-bond acceptors (Lipinski definition) is 4. The molecule has 0 saturated carbocycles. The molecule has 0 spiro atoms. The fourth-order valence-electron chi connectivity index (χ4n) is 0.802. The molecule has 66 valence electrons. The predicted molar refractivity (Wildman–Crippen MR) is 41.6 cm³/mol. The van der Waals surface area contributed by atoms with Crippen LogP contribution in [0.15, 0.2) is 0 Å². The average molecular weight is 182 g/mol. The van der Waals surface area contributed by atoms with Crippen molar-refractivity contribution in [2.45, 2.75) is 13.2 Å². The Morgan fingerprint density at radius 2 is 2.45 bits per heavy atom. The van der Waals surface area contributed by atoms with Crippen LogP contribution in [0.1, 0.15) is 6.92 Å². The Morgan fingerprint density at radius 3 is 2.91 bits per heavy atom. The van der Waals surface area contributed by atoms with Crippen molar-refractivity contribution in [3.63, 3.8) is 0 Å². The Morgan fingerprint density at radius 1 is 1.73 bits per heavy atom. The molecular formula is C6H12ClNO3. The summed E-state index contributed by atoms with van der Waals surface area (Å²) >= 11 is 0. The summed E-state index contributed by atoms with van der Waals surface area (Å²) in [5, 5.41) is 3.04. The van der Waals surface area contributed by atoms with Crippen molar-refractivity contribution in [1.29, 1.82) is 0 Å². The van der Waals surface area contributed by atoms with Crippen LogP contribution in [0, 0.1) is 0 Å². The van der Waals surface area contributed by atoms with Crippen LogP contribution in [0.2, 0.25) is 0 Å². The van der Waals surface area contributed by atoms with Crippen molar-refractivity contribution in [3.05, 3.63) is 0 Å². The van der Waals surface area contributed by atoms with E-state index < -0.39 is 0 Å². The molecule has 1 aliphatic rings. The molecule has 1 aliphatic heterocycles. The number of nitrogens with one attached hydrogen (secondary N) is 1. The normalized spacial score (nSPS) is 23.5. The van der Waals surface area contributed by atoms with E-state index in [-0.39, 0.29) is 24.7 Å². The van der Waals surface area contributed by atoms with Crippen LogP contribution < -0.4 is 5.32 Å². The molecule has 0 radical (unpaired) electrons. The van der Waals surface area contributed by atoms with Gasteiger partial charge >= 0.3 is 5.97 Å². The zero-order valence-corrected chi connectivity index (χ0v) is 7.15. The lowest BCUT2D eigenvalue weighted by Crippen LogP contribution is -2.40. The molecule has 0 aromatic carbocycles. The third-order valence-corrected chi connectivity index (χ3v) is 1.19. The standard InChI is InChI=1S/C6H11NO3.ClH/c1-5(8)10-6-4-7-2-3-9-6;/h6-7H,2-4H2,1H3;1H/t6-;/m1./s1. The van der Waals surface area contributed by atoms with Crippen LogP contribution in [-0.4, -0.2) is 32.0 Å². The first-order chi connectivity index (χ1) is 4.79. The number of esters is 1. The van der Waals surface area contributed by atoms with Gasteiger partial charge in [-0.3, -0.25) is 4.79 Å². The highest BCUT2D eigenvalue weighted by Crippen LogP contribution is 1.97. The SMILES string of the molecule is CC(=O)O[C@@H]1CNCCO1.Cl. The van der Waals surface area contributed by atoms with Gasteiger partial charge in [-0.1, -0.05) is 0 Å². The fourth-order valence-corrected chi connectivity index (χ4v) is 0.802. The molecule has 5 heteroatoms. The third kappa shape index (κ3) is 4.19. The minimum Gasteiger partial charge on any atom is -0.435 e. The van der Waals surface area contributed by atoms with Crippen molar-refractivity contribution >= 4 is 18.4 Å². The summed E-state index contributed by atoms with van der Waals surface area (Å²) in [6.45, 7) is 3.41. The number of carbonyl (C=O) groups is 1. The molecule has 4 nitrogen and oxygen atoms in total. The van der Waals surface area contributed by atoms with Crippen LogP contribution in [0.25, 0.3) is 0 Å². The van der Waals surface area contributed by atoms with Crippen molar-refractivity contribution in [3.8, 4) is 0 Å². The van der Waals surface area contributed by atoms with E-state index in [4.69, 9.17) is 9.47 Å². The highest BCUT2D eigenvalue weighted by Gasteiger charge is 2.14. The van der Waals surface area contributed by atoms with Gasteiger partial charge in [-0.25, -0.2) is 0 Å². The molecule has 0 bridgehead atoms. The fraction of sp³-hybridized carbons (Fsp3) is 0.833. The van der Waals surface area contributed by atoms with Gasteiger partial charge in [-0.05, 0) is 0 Å². The largest absolute Gasteiger partial charge is 0.435 e. The zero-order valence-electron chi connectivity index (χ0n) is 6.33. The monoisotopic (exact) mass is 181 g/mol. The molecule has 0 aromatic heterocycles. The van der Waals surface area contributed by atoms with E-state index in [0.29, 0.717) is 13.2 Å². The molecule has 11 heavy (non-hydrogen) atoms. The maximum Gasteiger partial charge on any atom is 0.304 e. The zero-order chi connectivity index (χ0) is 7.40. The summed E-state index contributed by atoms with van der Waals surface area (Å²) in [5.41, 5.74) is 0. The van der Waals surface area contributed by atoms with Crippen molar-refractivity contribution < 1.29 is 14.3 Å². The first-order valence-electron chi connectivity index (χ1n) is 3.28. The lowest BCUT2D eigenvalue weighted by molar-refractivity contribution is -0.180. The molecule has 0 aliphatic carbocycles. The number of morpholine rings is 1. The lowest BCUT2D eigenvalue weighted by atomic mass is 10.5. The molecule has 1 saturated heterocycles. The van der Waals surface area contributed by atoms with Crippen LogP contribution in [0.3, 0.4) is 0 Å². The quantitative estimate of drug-likeness (QED) is 0.575. The lowest BCUT2D eigenvalue weighted by Gasteiger charge is -2.22. The summed E-state index contributed by atoms with van der Waals surface area (Å²) in [5.74, 6) is -0.297. The Bertz CT molecular complexity index is 125. The smallest absolute Gasteiger partial charge is 0.304 e. The van der Waals surface area contributed by atoms with Crippen LogP contribution in [-0.2, 0) is 14.3 Å². The second-order valence-corrected chi connectivity index (χ2v) is 2.11. The summed E-state index contributed by atoms with van der Waals surface area (Å²) in [6, 6.07) is 0. The van der Waals surface area contributed by atoms with Gasteiger partial charge in [0.15, 0.2) is 0 Å². The highest BCUT2D eigenvalue weighted by molar-refractivity contribution is 5.85. The van der Waals surface area contributed by atoms with Crippen LogP contribution in [0.5, 0.6) is 0 Å². The summed E-state index contributed by atoms with van der Waals surface area (Å²) < 4.78 is 9.85. The van der Waals surface area contributed by atoms with Crippen molar-refractivity contribution in [2.75, 3.05) is 19.7 Å². The van der Waals surface area contributed by atoms with E-state index in [9.17, 15) is 4.79 Å². The molecule has 1 atom stereocenters. The van der Waals surface area contributed by atoms with Crippen molar-refractivity contribution in [1.82, 2.24) is 5.32 Å². The maximum atomic E-state index is 10.4. The number of hydrogen-bond donors (Lipinski definition) is 1. The van der Waals surface area contributed by atoms with Gasteiger partial charge in [0.25, 0.3) is 0 Å². The van der Waals surface area contributed by atoms with Gasteiger partial charge in [0, 0.05) is 13.5 Å². The van der Waals surface area contributed by atoms with E-state index in [2.05, 4.69) is 5.32 Å². The minimum absolute atomic E-state index is 0. The highest BCUT2D eigenvalue weighted by atomic mass is 35.5. The molecule has 1 heterocycles. The second-order valence-electron chi connectivity index (χ2n) is 2.11. The van der Waals surface area contributed by atoms with E-state index in [1.54, 1.807) is 0 Å². The first-order valence-corrected chi connectivity index (χ1v) is 3.28. The predicted octanol–water partition coefficient (Wildman–Crippen LogP) is -0.0828. The molecule has 1 N–H and O–H groups in total. The average Bonchev–Trinajstić information content (AvgIpc) is 1.88. The maximum absolute atomic E-state index is 10.4. The molecule has 0 aromatic rings. The van der Waals surface area contributed by atoms with Gasteiger partial charge in [-0.15, -0.1) is 12.4 Å². The Balaban J connectivity index is 0.000001000. The molecule has 0 amide bonds. The number of rotatable bonds is 1. The van der Waals surface area contributed by atoms with E-state index in [1.807, 2.05) is 0 Å². The number of ether oxygens (including phenoxy) is 2. The first kappa shape index (κ1) is 10.7. The molecule has 0 unspecified atom stereocenters. The van der Waals surface area contributed by atoms with E-state index >= 15 is 0 Å². The van der Waals surface area contributed by atoms with Crippen LogP contribution in [0.4, 0.5) is 0 Å². The molecular weight excluding hydrogens is 170 g/mol. The summed E-state index contributed by atoms with van der Waals surface area (Å²) in [7, 11) is 0. The van der Waals surface area contributed by atoms with E-state index in [0.717, 1.165) is 6.54 Å². The Hall–Kier alpha value is -0.320. The van der Waals surface area contributed by atoms with Gasteiger partial charge < -0.3 is 14.8 Å². The summed E-state index contributed by atoms with van der Waals surface area (Å²) in [4.78, 5) is 10.4. The topological polar surface area (TPSA) is 47.6 Å². The van der Waals surface area contributed by atoms with Gasteiger partial charge in [0.1, 0.15) is 0 Å². The Labute approximate surface area is 71.6 Å². The van der Waals surface area contributed by atoms with Gasteiger partial charge in [-0.2, -0.15) is 0 Å². The minimum atomic E-state index is -0.383. The van der Waals surface area contributed by atoms with Crippen LogP contribution >= 0.6 is 12.4 Å². The Kier molecular flexibility index (Phi) is 5.19. The van der Waals surface area contributed by atoms with Crippen molar-refractivity contribution in [2.24, 2.45) is 0 Å². The van der Waals surface area contributed by atoms with Gasteiger partial charge in [0.2, 0.25) is 6.29 Å². The van der Waals surface area contributed by atoms with Gasteiger partial charge in [0.05, 0.1) is 13.2 Å². The second kappa shape index (κ2) is 5.35. The van der Waals surface area contributed by atoms with E-state index in [1.165, 1.54) is 6.92 Å². The summed E-state index contributed by atoms with van der Waals surface area (Å²) in [6.07, 6.45) is -0.383.